The van der Waals surface area contributed by atoms with Gasteiger partial charge < -0.3 is 15.2 Å². The van der Waals surface area contributed by atoms with E-state index < -0.39 is 35.5 Å². The predicted octanol–water partition coefficient (Wildman–Crippen LogP) is 3.05. The molecule has 25 heavy (non-hydrogen) atoms. The second-order valence-corrected chi connectivity index (χ2v) is 6.37. The first-order chi connectivity index (χ1) is 11.7. The van der Waals surface area contributed by atoms with Crippen molar-refractivity contribution >= 4 is 6.09 Å². The number of aromatic nitrogens is 2. The first-order valence-electron chi connectivity index (χ1n) is 7.56. The van der Waals surface area contributed by atoms with E-state index >= 15 is 0 Å². The van der Waals surface area contributed by atoms with Crippen LogP contribution in [-0.2, 0) is 4.74 Å². The van der Waals surface area contributed by atoms with Gasteiger partial charge in [0.1, 0.15) is 29.4 Å². The summed E-state index contributed by atoms with van der Waals surface area (Å²) < 4.78 is 31.3. The van der Waals surface area contributed by atoms with Gasteiger partial charge in [0.2, 0.25) is 0 Å². The fraction of sp³-hybridized carbons (Fsp3) is 0.353. The third-order valence-electron chi connectivity index (χ3n) is 3.11. The molecular weight excluding hydrogens is 332 g/mol. The fourth-order valence-corrected chi connectivity index (χ4v) is 2.05. The Hall–Kier alpha value is -2.61. The maximum atomic E-state index is 13.1. The van der Waals surface area contributed by atoms with Gasteiger partial charge in [0, 0.05) is 0 Å². The number of pyridine rings is 2. The van der Waals surface area contributed by atoms with Gasteiger partial charge in [0.05, 0.1) is 23.8 Å². The average molecular weight is 351 g/mol. The normalized spacial score (nSPS) is 13.8. The van der Waals surface area contributed by atoms with Crippen molar-refractivity contribution in [3.05, 3.63) is 59.7 Å². The van der Waals surface area contributed by atoms with E-state index in [-0.39, 0.29) is 11.4 Å². The van der Waals surface area contributed by atoms with Crippen LogP contribution in [0.1, 0.15) is 44.3 Å². The van der Waals surface area contributed by atoms with Gasteiger partial charge >= 0.3 is 6.09 Å². The Kier molecular flexibility index (Phi) is 5.63. The quantitative estimate of drug-likeness (QED) is 0.884. The molecule has 0 fully saturated rings. The van der Waals surface area contributed by atoms with Crippen molar-refractivity contribution in [3.63, 3.8) is 0 Å². The Balaban J connectivity index is 2.29. The molecule has 0 aliphatic carbocycles. The highest BCUT2D eigenvalue weighted by Gasteiger charge is 2.29. The molecule has 2 aromatic rings. The molecule has 8 heteroatoms. The lowest BCUT2D eigenvalue weighted by Gasteiger charge is -2.26. The highest BCUT2D eigenvalue weighted by molar-refractivity contribution is 5.68. The minimum atomic E-state index is -1.34. The summed E-state index contributed by atoms with van der Waals surface area (Å²) in [6.07, 6.45) is -0.221. The Bertz CT molecular complexity index is 715. The SMILES string of the molecule is CC(C)(C)OC(=O)NC(c1ccc(F)cn1)C(O)c1ccc(F)cn1. The average Bonchev–Trinajstić information content (AvgIpc) is 2.52. The van der Waals surface area contributed by atoms with Crippen LogP contribution < -0.4 is 5.32 Å². The first-order valence-corrected chi connectivity index (χ1v) is 7.56. The molecule has 2 unspecified atom stereocenters. The monoisotopic (exact) mass is 351 g/mol. The second kappa shape index (κ2) is 7.52. The van der Waals surface area contributed by atoms with Crippen molar-refractivity contribution < 1.29 is 23.4 Å². The summed E-state index contributed by atoms with van der Waals surface area (Å²) in [5.41, 5.74) is -0.427. The van der Waals surface area contributed by atoms with Gasteiger partial charge in [-0.15, -0.1) is 0 Å². The highest BCUT2D eigenvalue weighted by atomic mass is 19.1. The third-order valence-corrected chi connectivity index (χ3v) is 3.11. The minimum Gasteiger partial charge on any atom is -0.444 e. The molecule has 6 nitrogen and oxygen atoms in total. The number of aliphatic hydroxyl groups is 1. The topological polar surface area (TPSA) is 84.3 Å². The van der Waals surface area contributed by atoms with E-state index in [2.05, 4.69) is 15.3 Å². The standard InChI is InChI=1S/C17H19F2N3O3/c1-17(2,3)25-16(24)22-14(12-6-4-10(18)8-20-12)15(23)13-7-5-11(19)9-21-13/h4-9,14-15,23H,1-3H3,(H,22,24). The number of rotatable bonds is 4. The molecule has 2 aromatic heterocycles. The van der Waals surface area contributed by atoms with Gasteiger partial charge in [-0.1, -0.05) is 0 Å². The summed E-state index contributed by atoms with van der Waals surface area (Å²) in [7, 11) is 0. The van der Waals surface area contributed by atoms with Gasteiger partial charge in [0.25, 0.3) is 0 Å². The molecule has 0 saturated carbocycles. The number of nitrogens with one attached hydrogen (secondary N) is 1. The summed E-state index contributed by atoms with van der Waals surface area (Å²) in [5.74, 6) is -1.12. The fourth-order valence-electron chi connectivity index (χ4n) is 2.05. The number of aliphatic hydroxyl groups excluding tert-OH is 1. The van der Waals surface area contributed by atoms with Gasteiger partial charge in [0.15, 0.2) is 0 Å². The lowest BCUT2D eigenvalue weighted by molar-refractivity contribution is 0.0411. The van der Waals surface area contributed by atoms with Gasteiger partial charge in [-0.25, -0.2) is 13.6 Å². The Morgan fingerprint density at radius 2 is 1.60 bits per heavy atom. The van der Waals surface area contributed by atoms with E-state index in [4.69, 9.17) is 4.74 Å². The molecular formula is C17H19F2N3O3. The number of halogens is 2. The Morgan fingerprint density at radius 1 is 1.08 bits per heavy atom. The largest absolute Gasteiger partial charge is 0.444 e. The molecule has 2 rings (SSSR count). The molecule has 0 aromatic carbocycles. The predicted molar refractivity (Wildman–Crippen MR) is 85.5 cm³/mol. The zero-order valence-electron chi connectivity index (χ0n) is 14.0. The second-order valence-electron chi connectivity index (χ2n) is 6.37. The van der Waals surface area contributed by atoms with E-state index in [9.17, 15) is 18.7 Å². The van der Waals surface area contributed by atoms with Crippen LogP contribution in [-0.4, -0.2) is 26.8 Å². The first kappa shape index (κ1) is 18.7. The van der Waals surface area contributed by atoms with Crippen LogP contribution in [0.3, 0.4) is 0 Å². The zero-order chi connectivity index (χ0) is 18.6. The van der Waals surface area contributed by atoms with Crippen LogP contribution in [0.25, 0.3) is 0 Å². The van der Waals surface area contributed by atoms with E-state index in [0.29, 0.717) is 0 Å². The van der Waals surface area contributed by atoms with Crippen LogP contribution in [0.2, 0.25) is 0 Å². The van der Waals surface area contributed by atoms with Crippen LogP contribution in [0.5, 0.6) is 0 Å². The number of amides is 1. The lowest BCUT2D eigenvalue weighted by Crippen LogP contribution is -2.37. The summed E-state index contributed by atoms with van der Waals surface area (Å²) >= 11 is 0. The summed E-state index contributed by atoms with van der Waals surface area (Å²) in [6, 6.07) is 3.83. The van der Waals surface area contributed by atoms with Crippen LogP contribution in [0.15, 0.2) is 36.7 Å². The molecule has 0 saturated heterocycles. The van der Waals surface area contributed by atoms with Gasteiger partial charge in [-0.05, 0) is 45.0 Å². The number of hydrogen-bond donors (Lipinski definition) is 2. The number of carbonyl (C=O) groups excluding carboxylic acids is 1. The van der Waals surface area contributed by atoms with E-state index in [1.54, 1.807) is 20.8 Å². The molecule has 0 radical (unpaired) electrons. The molecule has 2 N–H and O–H groups in total. The smallest absolute Gasteiger partial charge is 0.408 e. The molecule has 0 bridgehead atoms. The number of ether oxygens (including phenoxy) is 1. The third kappa shape index (κ3) is 5.46. The molecule has 0 spiro atoms. The Morgan fingerprint density at radius 3 is 2.04 bits per heavy atom. The Labute approximate surface area is 143 Å². The minimum absolute atomic E-state index is 0.119. The molecule has 134 valence electrons. The van der Waals surface area contributed by atoms with Gasteiger partial charge in [-0.3, -0.25) is 9.97 Å². The summed E-state index contributed by atoms with van der Waals surface area (Å²) in [6.45, 7) is 5.07. The van der Waals surface area contributed by atoms with Crippen molar-refractivity contribution in [1.82, 2.24) is 15.3 Å². The van der Waals surface area contributed by atoms with E-state index in [1.807, 2.05) is 0 Å². The van der Waals surface area contributed by atoms with Crippen molar-refractivity contribution in [1.29, 1.82) is 0 Å². The van der Waals surface area contributed by atoms with Crippen molar-refractivity contribution in [2.45, 2.75) is 38.5 Å². The summed E-state index contributed by atoms with van der Waals surface area (Å²) in [5, 5.41) is 13.0. The van der Waals surface area contributed by atoms with Crippen LogP contribution in [0.4, 0.5) is 13.6 Å². The lowest BCUT2D eigenvalue weighted by atomic mass is 10.0. The molecule has 1 amide bonds. The maximum absolute atomic E-state index is 13.1. The van der Waals surface area contributed by atoms with E-state index in [1.165, 1.54) is 12.1 Å². The van der Waals surface area contributed by atoms with Crippen molar-refractivity contribution in [2.24, 2.45) is 0 Å². The highest BCUT2D eigenvalue weighted by Crippen LogP contribution is 2.27. The molecule has 2 atom stereocenters. The molecule has 2 heterocycles. The van der Waals surface area contributed by atoms with Crippen LogP contribution in [0, 0.1) is 11.6 Å². The van der Waals surface area contributed by atoms with E-state index in [0.717, 1.165) is 24.5 Å². The zero-order valence-corrected chi connectivity index (χ0v) is 14.0. The van der Waals surface area contributed by atoms with Gasteiger partial charge in [-0.2, -0.15) is 0 Å². The molecule has 0 aliphatic heterocycles. The number of nitrogens with zero attached hydrogens (tertiary/aromatic N) is 2. The number of alkyl carbamates (subject to hydrolysis) is 1. The molecule has 0 aliphatic rings. The number of hydrogen-bond acceptors (Lipinski definition) is 5. The maximum Gasteiger partial charge on any atom is 0.408 e. The van der Waals surface area contributed by atoms with Crippen molar-refractivity contribution in [3.8, 4) is 0 Å². The number of carbonyl (C=O) groups is 1. The van der Waals surface area contributed by atoms with Crippen molar-refractivity contribution in [2.75, 3.05) is 0 Å². The summed E-state index contributed by atoms with van der Waals surface area (Å²) in [4.78, 5) is 19.8. The van der Waals surface area contributed by atoms with Crippen LogP contribution >= 0.6 is 0 Å².